The van der Waals surface area contributed by atoms with Gasteiger partial charge in [-0.2, -0.15) is 0 Å². The number of carboxylic acid groups (broad SMARTS) is 1. The predicted molar refractivity (Wildman–Crippen MR) is 177 cm³/mol. The fraction of sp³-hybridized carbons (Fsp3) is 0.571. The molecule has 0 amide bonds. The molecule has 0 bridgehead atoms. The molecule has 16 heteroatoms. The van der Waals surface area contributed by atoms with Gasteiger partial charge in [0.15, 0.2) is 24.8 Å². The van der Waals surface area contributed by atoms with E-state index < -0.39 is 85.9 Å². The summed E-state index contributed by atoms with van der Waals surface area (Å²) in [6.07, 6.45) is -10.5. The monoisotopic (exact) mass is 715 g/mol. The Morgan fingerprint density at radius 1 is 0.824 bits per heavy atom. The number of unbranched alkanes of at least 4 members (excludes halogenated alkanes) is 2. The Hall–Kier alpha value is -4.12. The van der Waals surface area contributed by atoms with Gasteiger partial charge in [-0.1, -0.05) is 68.2 Å². The molecule has 2 N–H and O–H groups in total. The number of benzene rings is 2. The molecular formula is C35H45N3O13. The highest BCUT2D eigenvalue weighted by Crippen LogP contribution is 2.35. The quantitative estimate of drug-likeness (QED) is 0.0734. The molecule has 2 saturated heterocycles. The summed E-state index contributed by atoms with van der Waals surface area (Å²) < 4.78 is 47.7. The van der Waals surface area contributed by atoms with Gasteiger partial charge in [0.05, 0.1) is 17.2 Å². The van der Waals surface area contributed by atoms with Gasteiger partial charge in [-0.15, -0.1) is 0 Å². The number of aliphatic hydroxyl groups excluding tert-OH is 1. The van der Waals surface area contributed by atoms with Crippen molar-refractivity contribution in [2.24, 2.45) is 5.11 Å². The van der Waals surface area contributed by atoms with Crippen LogP contribution in [0.2, 0.25) is 0 Å². The lowest BCUT2D eigenvalue weighted by atomic mass is 9.95. The number of aliphatic carboxylic acids is 1. The van der Waals surface area contributed by atoms with Crippen LogP contribution in [0.4, 0.5) is 0 Å². The Kier molecular flexibility index (Phi) is 15.6. The summed E-state index contributed by atoms with van der Waals surface area (Å²) in [5, 5.41) is 25.1. The fourth-order valence-corrected chi connectivity index (χ4v) is 5.68. The van der Waals surface area contributed by atoms with Gasteiger partial charge in [0.25, 0.3) is 0 Å². The van der Waals surface area contributed by atoms with Crippen LogP contribution >= 0.6 is 0 Å². The van der Waals surface area contributed by atoms with E-state index in [9.17, 15) is 30.1 Å². The maximum absolute atomic E-state index is 13.4. The Morgan fingerprint density at radius 2 is 1.41 bits per heavy atom. The molecule has 0 aromatic heterocycles. The van der Waals surface area contributed by atoms with Crippen molar-refractivity contribution in [2.45, 2.75) is 101 Å². The lowest BCUT2D eigenvalue weighted by molar-refractivity contribution is -0.345. The molecule has 51 heavy (non-hydrogen) atoms. The van der Waals surface area contributed by atoms with Gasteiger partial charge in [-0.05, 0) is 42.6 Å². The molecule has 0 saturated carbocycles. The molecule has 2 aromatic carbocycles. The van der Waals surface area contributed by atoms with Crippen molar-refractivity contribution in [3.8, 4) is 0 Å². The number of carbonyl (C=O) groups excluding carboxylic acids is 2. The lowest BCUT2D eigenvalue weighted by Gasteiger charge is -2.48. The maximum Gasteiger partial charge on any atom is 0.338 e. The molecule has 2 aliphatic rings. The van der Waals surface area contributed by atoms with E-state index in [1.54, 1.807) is 48.5 Å². The van der Waals surface area contributed by atoms with E-state index in [4.69, 9.17) is 37.9 Å². The van der Waals surface area contributed by atoms with Gasteiger partial charge in [0, 0.05) is 25.2 Å². The Labute approximate surface area is 295 Å². The Bertz CT molecular complexity index is 1440. The number of aliphatic hydroxyl groups is 1. The van der Waals surface area contributed by atoms with Crippen LogP contribution in [0.3, 0.4) is 0 Å². The van der Waals surface area contributed by atoms with Crippen LogP contribution in [0, 0.1) is 0 Å². The van der Waals surface area contributed by atoms with Crippen molar-refractivity contribution < 1.29 is 62.5 Å². The van der Waals surface area contributed by atoms with Crippen LogP contribution in [-0.2, 0) is 42.7 Å². The van der Waals surface area contributed by atoms with Crippen LogP contribution in [0.5, 0.6) is 0 Å². The van der Waals surface area contributed by atoms with Gasteiger partial charge < -0.3 is 48.1 Å². The number of rotatable bonds is 18. The average Bonchev–Trinajstić information content (AvgIpc) is 3.14. The zero-order valence-corrected chi connectivity index (χ0v) is 28.7. The van der Waals surface area contributed by atoms with Gasteiger partial charge in [0.2, 0.25) is 0 Å². The normalized spacial score (nSPS) is 29.0. The Morgan fingerprint density at radius 3 is 1.96 bits per heavy atom. The number of carboxylic acids is 1. The number of azide groups is 1. The van der Waals surface area contributed by atoms with Crippen LogP contribution in [-0.4, -0.2) is 116 Å². The SMILES string of the molecule is CCCCOC1[C@H](O)C(C(=O)O)O[C@@H](O[C@@H]2C(COC(=O)c3ccccc3)OC(OC)[C@@H](N=[N+]=[N-])[C@H]2OCCCC)[C@H]1OC(=O)c1ccccc1. The van der Waals surface area contributed by atoms with E-state index in [0.29, 0.717) is 12.8 Å². The summed E-state index contributed by atoms with van der Waals surface area (Å²) >= 11 is 0. The van der Waals surface area contributed by atoms with Crippen LogP contribution in [0.1, 0.15) is 60.2 Å². The van der Waals surface area contributed by atoms with Crippen LogP contribution in [0.25, 0.3) is 10.4 Å². The summed E-state index contributed by atoms with van der Waals surface area (Å²) in [5.41, 5.74) is 9.93. The number of nitrogens with zero attached hydrogens (tertiary/aromatic N) is 3. The summed E-state index contributed by atoms with van der Waals surface area (Å²) in [4.78, 5) is 41.7. The first-order valence-electron chi connectivity index (χ1n) is 16.9. The van der Waals surface area contributed by atoms with Gasteiger partial charge >= 0.3 is 17.9 Å². The lowest BCUT2D eigenvalue weighted by Crippen LogP contribution is -2.66. The Balaban J connectivity index is 1.75. The van der Waals surface area contributed by atoms with E-state index in [2.05, 4.69) is 10.0 Å². The topological polar surface area (TPSA) is 214 Å². The van der Waals surface area contributed by atoms with Crippen molar-refractivity contribution in [3.63, 3.8) is 0 Å². The predicted octanol–water partition coefficient (Wildman–Crippen LogP) is 4.05. The van der Waals surface area contributed by atoms with E-state index in [0.717, 1.165) is 12.8 Å². The van der Waals surface area contributed by atoms with Crippen molar-refractivity contribution in [1.29, 1.82) is 0 Å². The number of ether oxygens (including phenoxy) is 8. The minimum atomic E-state index is -1.87. The molecule has 278 valence electrons. The number of esters is 2. The van der Waals surface area contributed by atoms with Crippen LogP contribution in [0.15, 0.2) is 65.8 Å². The van der Waals surface area contributed by atoms with Gasteiger partial charge in [-0.3, -0.25) is 0 Å². The van der Waals surface area contributed by atoms with Crippen molar-refractivity contribution in [1.82, 2.24) is 0 Å². The average molecular weight is 716 g/mol. The third-order valence-corrected chi connectivity index (χ3v) is 8.34. The molecule has 2 fully saturated rings. The molecule has 10 atom stereocenters. The number of hydrogen-bond donors (Lipinski definition) is 2. The first-order chi connectivity index (χ1) is 24.7. The van der Waals surface area contributed by atoms with Crippen molar-refractivity contribution >= 4 is 17.9 Å². The number of hydrogen-bond acceptors (Lipinski definition) is 13. The molecule has 16 nitrogen and oxygen atoms in total. The third kappa shape index (κ3) is 10.5. The minimum absolute atomic E-state index is 0.0957. The van der Waals surface area contributed by atoms with Crippen LogP contribution < -0.4 is 0 Å². The van der Waals surface area contributed by atoms with E-state index >= 15 is 0 Å². The minimum Gasteiger partial charge on any atom is -0.479 e. The largest absolute Gasteiger partial charge is 0.479 e. The standard InChI is InChI=1S/C35H45N3O13/c1-4-6-18-45-27-24(37-38-36)34(44-3)48-23(20-47-32(42)21-14-10-8-11-15-21)26(27)50-35-30(49-33(43)22-16-12-9-13-17-22)28(46-19-7-5-2)25(39)29(51-35)31(40)41/h8-17,23-30,34-35,39H,4-7,18-20H2,1-3H3,(H,40,41)/t23?,24-,25-,26+,27+,28?,29?,30-,34?,35+/m0/s1. The molecule has 4 unspecified atom stereocenters. The smallest absolute Gasteiger partial charge is 0.338 e. The summed E-state index contributed by atoms with van der Waals surface area (Å²) in [5.74, 6) is -3.02. The van der Waals surface area contributed by atoms with E-state index in [1.807, 2.05) is 13.8 Å². The summed E-state index contributed by atoms with van der Waals surface area (Å²) in [6.45, 7) is 3.73. The van der Waals surface area contributed by atoms with E-state index in [1.165, 1.54) is 19.2 Å². The molecule has 2 heterocycles. The summed E-state index contributed by atoms with van der Waals surface area (Å²) in [6, 6.07) is 15.1. The molecule has 0 aliphatic carbocycles. The summed E-state index contributed by atoms with van der Waals surface area (Å²) in [7, 11) is 1.34. The third-order valence-electron chi connectivity index (χ3n) is 8.34. The van der Waals surface area contributed by atoms with Crippen molar-refractivity contribution in [3.05, 3.63) is 82.2 Å². The molecule has 2 aliphatic heterocycles. The number of carbonyl (C=O) groups is 3. The second-order valence-corrected chi connectivity index (χ2v) is 11.9. The second kappa shape index (κ2) is 20.1. The highest BCUT2D eigenvalue weighted by atomic mass is 16.8. The highest BCUT2D eigenvalue weighted by Gasteiger charge is 2.55. The maximum atomic E-state index is 13.4. The second-order valence-electron chi connectivity index (χ2n) is 11.9. The zero-order chi connectivity index (χ0) is 36.8. The van der Waals surface area contributed by atoms with E-state index in [-0.39, 0.29) is 24.3 Å². The van der Waals surface area contributed by atoms with Gasteiger partial charge in [-0.25, -0.2) is 14.4 Å². The first kappa shape index (κ1) is 39.7. The molecule has 2 aromatic rings. The fourth-order valence-electron chi connectivity index (χ4n) is 5.68. The first-order valence-corrected chi connectivity index (χ1v) is 16.9. The van der Waals surface area contributed by atoms with Gasteiger partial charge in [0.1, 0.15) is 37.1 Å². The molecule has 0 spiro atoms. The molecule has 0 radical (unpaired) electrons. The highest BCUT2D eigenvalue weighted by molar-refractivity contribution is 5.89. The molecule has 4 rings (SSSR count). The number of methoxy groups -OCH3 is 1. The zero-order valence-electron chi connectivity index (χ0n) is 28.7. The molecular weight excluding hydrogens is 670 g/mol. The van der Waals surface area contributed by atoms with Crippen molar-refractivity contribution in [2.75, 3.05) is 26.9 Å².